The van der Waals surface area contributed by atoms with Crippen LogP contribution < -0.4 is 20.6 Å². The number of anilines is 4. The van der Waals surface area contributed by atoms with Gasteiger partial charge in [0, 0.05) is 49.9 Å². The minimum atomic E-state index is -0.0718. The Labute approximate surface area is 376 Å². The predicted molar refractivity (Wildman–Crippen MR) is 270 cm³/mol. The Hall–Kier alpha value is -4.96. The SMILES string of the molecule is Cc1cc2c(cc1N1B3c4cc(C(C)(C)C)cc5c4N(c4c3c(cc3ccccc43)-c3cc4oc6ccc(C(C)(C)C)cc6c4cc31)C1(C)CCCCC51C)C(C)(C)CCC2(C)C. The molecule has 0 radical (unpaired) electrons. The standard InChI is InChI=1S/C59H65BN2O/c1-34-26-43-44(57(10,11)25-24-56(43,8)9)33-47(34)62-48-31-41-40-28-36(54(2,3)4)20-21-49(40)63-50(41)32-39(48)42-27-35-18-14-15-19-38(35)52-51(42)60(62)46-30-37(55(5,6)7)29-45-53(46)61(52)59(13)23-17-16-22-58(45,59)12/h14-15,18-21,26-33H,16-17,22-25H2,1-13H3. The lowest BCUT2D eigenvalue weighted by atomic mass is 9.42. The van der Waals surface area contributed by atoms with E-state index in [0.29, 0.717) is 0 Å². The summed E-state index contributed by atoms with van der Waals surface area (Å²) in [5.41, 5.74) is 21.8. The minimum absolute atomic E-state index is 0.00638. The topological polar surface area (TPSA) is 19.6 Å². The molecule has 320 valence electrons. The van der Waals surface area contributed by atoms with Gasteiger partial charge in [0.15, 0.2) is 0 Å². The molecule has 5 aliphatic rings. The quantitative estimate of drug-likeness (QED) is 0.154. The summed E-state index contributed by atoms with van der Waals surface area (Å²) in [7, 11) is 0. The Morgan fingerprint density at radius 2 is 1.25 bits per heavy atom. The number of fused-ring (bicyclic) bond motifs is 13. The molecule has 6 aromatic carbocycles. The number of aryl methyl sites for hydroxylation is 1. The molecular formula is C59H65BN2O. The van der Waals surface area contributed by atoms with Crippen molar-refractivity contribution in [2.45, 2.75) is 161 Å². The highest BCUT2D eigenvalue weighted by atomic mass is 16.3. The van der Waals surface area contributed by atoms with Crippen molar-refractivity contribution in [3.63, 3.8) is 0 Å². The molecular weight excluding hydrogens is 763 g/mol. The van der Waals surface area contributed by atoms with Gasteiger partial charge in [0.25, 0.3) is 0 Å². The van der Waals surface area contributed by atoms with E-state index in [9.17, 15) is 0 Å². The Morgan fingerprint density at radius 3 is 1.98 bits per heavy atom. The van der Waals surface area contributed by atoms with Crippen LogP contribution in [0, 0.1) is 6.92 Å². The molecule has 3 aliphatic heterocycles. The van der Waals surface area contributed by atoms with Gasteiger partial charge in [-0.25, -0.2) is 0 Å². The van der Waals surface area contributed by atoms with Gasteiger partial charge in [0.1, 0.15) is 11.2 Å². The maximum Gasteiger partial charge on any atom is 0.333 e. The smallest absolute Gasteiger partial charge is 0.333 e. The summed E-state index contributed by atoms with van der Waals surface area (Å²) in [4.78, 5) is 5.75. The third-order valence-corrected chi connectivity index (χ3v) is 17.6. The lowest BCUT2D eigenvalue weighted by molar-refractivity contribution is 0.195. The first-order chi connectivity index (χ1) is 29.6. The third-order valence-electron chi connectivity index (χ3n) is 17.6. The number of furan rings is 1. The molecule has 2 unspecified atom stereocenters. The van der Waals surface area contributed by atoms with Crippen molar-refractivity contribution in [2.24, 2.45) is 0 Å². The number of hydrogen-bond acceptors (Lipinski definition) is 3. The molecule has 3 nitrogen and oxygen atoms in total. The van der Waals surface area contributed by atoms with Crippen LogP contribution in [0.1, 0.15) is 155 Å². The zero-order valence-corrected chi connectivity index (χ0v) is 40.2. The van der Waals surface area contributed by atoms with Crippen molar-refractivity contribution < 1.29 is 4.42 Å². The fourth-order valence-electron chi connectivity index (χ4n) is 13.4. The molecule has 0 N–H and O–H groups in total. The molecule has 1 aromatic heterocycles. The highest BCUT2D eigenvalue weighted by molar-refractivity contribution is 6.94. The summed E-state index contributed by atoms with van der Waals surface area (Å²) in [5.74, 6) is 0. The highest BCUT2D eigenvalue weighted by Crippen LogP contribution is 2.64. The normalized spacial score (nSPS) is 22.9. The molecule has 2 aliphatic carbocycles. The van der Waals surface area contributed by atoms with Crippen LogP contribution in [0.25, 0.3) is 43.8 Å². The van der Waals surface area contributed by atoms with Crippen molar-refractivity contribution in [1.29, 1.82) is 0 Å². The van der Waals surface area contributed by atoms with E-state index >= 15 is 0 Å². The van der Waals surface area contributed by atoms with E-state index < -0.39 is 0 Å². The molecule has 1 fully saturated rings. The number of rotatable bonds is 1. The molecule has 2 atom stereocenters. The zero-order valence-electron chi connectivity index (χ0n) is 40.2. The first-order valence-corrected chi connectivity index (χ1v) is 24.1. The maximum absolute atomic E-state index is 6.91. The summed E-state index contributed by atoms with van der Waals surface area (Å²) < 4.78 is 6.91. The molecule has 0 spiro atoms. The number of nitrogens with zero attached hydrogens (tertiary/aromatic N) is 2. The first-order valence-electron chi connectivity index (χ1n) is 24.1. The maximum atomic E-state index is 6.91. The van der Waals surface area contributed by atoms with Crippen LogP contribution in [0.3, 0.4) is 0 Å². The van der Waals surface area contributed by atoms with Gasteiger partial charge in [-0.2, -0.15) is 0 Å². The second kappa shape index (κ2) is 12.2. The van der Waals surface area contributed by atoms with Gasteiger partial charge in [0.05, 0.1) is 5.54 Å². The van der Waals surface area contributed by atoms with Gasteiger partial charge in [-0.05, 0) is 153 Å². The molecule has 4 heteroatoms. The average molecular weight is 829 g/mol. The lowest BCUT2D eigenvalue weighted by Crippen LogP contribution is -2.65. The summed E-state index contributed by atoms with van der Waals surface area (Å²) in [6.45, 7) is 31.7. The highest BCUT2D eigenvalue weighted by Gasteiger charge is 2.62. The van der Waals surface area contributed by atoms with Crippen molar-refractivity contribution in [3.05, 3.63) is 118 Å². The van der Waals surface area contributed by atoms with Gasteiger partial charge in [-0.1, -0.05) is 138 Å². The first kappa shape index (κ1) is 39.6. The van der Waals surface area contributed by atoms with E-state index in [1.807, 2.05) is 0 Å². The van der Waals surface area contributed by atoms with Gasteiger partial charge in [-0.3, -0.25) is 0 Å². The van der Waals surface area contributed by atoms with E-state index in [2.05, 4.69) is 185 Å². The van der Waals surface area contributed by atoms with Crippen LogP contribution in [0.5, 0.6) is 0 Å². The van der Waals surface area contributed by atoms with Crippen LogP contribution in [-0.2, 0) is 27.1 Å². The monoisotopic (exact) mass is 829 g/mol. The molecule has 4 heterocycles. The second-order valence-corrected chi connectivity index (χ2v) is 24.4. The van der Waals surface area contributed by atoms with Crippen LogP contribution in [0.15, 0.2) is 89.3 Å². The fraction of sp³-hybridized carbons (Fsp3) is 0.424. The summed E-state index contributed by atoms with van der Waals surface area (Å²) in [6.07, 6.45) is 7.29. The summed E-state index contributed by atoms with van der Waals surface area (Å²) in [6, 6.07) is 34.2. The van der Waals surface area contributed by atoms with Crippen molar-refractivity contribution in [3.8, 4) is 11.1 Å². The van der Waals surface area contributed by atoms with Crippen molar-refractivity contribution in [2.75, 3.05) is 9.71 Å². The van der Waals surface area contributed by atoms with E-state index in [4.69, 9.17) is 4.42 Å². The van der Waals surface area contributed by atoms with E-state index in [1.54, 1.807) is 5.56 Å². The number of benzene rings is 6. The van der Waals surface area contributed by atoms with Crippen LogP contribution in [-0.4, -0.2) is 12.4 Å². The third kappa shape index (κ3) is 5.10. The van der Waals surface area contributed by atoms with Gasteiger partial charge in [-0.15, -0.1) is 0 Å². The van der Waals surface area contributed by atoms with Gasteiger partial charge >= 0.3 is 6.85 Å². The fourth-order valence-corrected chi connectivity index (χ4v) is 13.4. The van der Waals surface area contributed by atoms with E-state index in [-0.39, 0.29) is 39.5 Å². The van der Waals surface area contributed by atoms with E-state index in [0.717, 1.165) is 11.2 Å². The van der Waals surface area contributed by atoms with Crippen LogP contribution in [0.2, 0.25) is 0 Å². The minimum Gasteiger partial charge on any atom is -0.456 e. The van der Waals surface area contributed by atoms with Crippen molar-refractivity contribution in [1.82, 2.24) is 0 Å². The lowest BCUT2D eigenvalue weighted by Gasteiger charge is -2.53. The van der Waals surface area contributed by atoms with Gasteiger partial charge in [0.2, 0.25) is 0 Å². The van der Waals surface area contributed by atoms with E-state index in [1.165, 1.54) is 133 Å². The second-order valence-electron chi connectivity index (χ2n) is 24.4. The summed E-state index contributed by atoms with van der Waals surface area (Å²) in [5, 5.41) is 5.06. The van der Waals surface area contributed by atoms with Crippen molar-refractivity contribution >= 4 is 73.2 Å². The predicted octanol–water partition coefficient (Wildman–Crippen LogP) is 15.0. The van der Waals surface area contributed by atoms with Crippen LogP contribution >= 0.6 is 0 Å². The molecule has 0 saturated heterocycles. The molecule has 7 aromatic rings. The Balaban J connectivity index is 1.27. The number of hydrogen-bond donors (Lipinski definition) is 0. The summed E-state index contributed by atoms with van der Waals surface area (Å²) >= 11 is 0. The Kier molecular flexibility index (Phi) is 7.69. The Morgan fingerprint density at radius 1 is 0.571 bits per heavy atom. The molecule has 12 rings (SSSR count). The molecule has 0 bridgehead atoms. The zero-order chi connectivity index (χ0) is 44.1. The molecule has 63 heavy (non-hydrogen) atoms. The average Bonchev–Trinajstić information content (AvgIpc) is 3.68. The Bertz CT molecular complexity index is 3170. The molecule has 0 amide bonds. The largest absolute Gasteiger partial charge is 0.456 e. The van der Waals surface area contributed by atoms with Gasteiger partial charge < -0.3 is 14.1 Å². The van der Waals surface area contributed by atoms with Crippen LogP contribution in [0.4, 0.5) is 22.7 Å². The molecule has 1 saturated carbocycles.